The van der Waals surface area contributed by atoms with Gasteiger partial charge in [0.2, 0.25) is 0 Å². The first-order valence-electron chi connectivity index (χ1n) is 9.04. The summed E-state index contributed by atoms with van der Waals surface area (Å²) in [6.07, 6.45) is 3.45. The highest BCUT2D eigenvalue weighted by atomic mass is 32.2. The number of carbonyl (C=O) groups is 1. The predicted octanol–water partition coefficient (Wildman–Crippen LogP) is 3.56. The lowest BCUT2D eigenvalue weighted by Crippen LogP contribution is -2.06. The SMILES string of the molecule is Cc1cc(-n2c(C)cc(C(=O)CSc3nnc(-c4cccnc4)n3C)c2C)no1. The monoisotopic (exact) mass is 408 g/mol. The standard InChI is InChI=1S/C20H20N6O2S/c1-12-8-16(14(3)26(12)18-9-13(2)28-24-18)17(27)11-29-20-23-22-19(25(20)4)15-6-5-7-21-10-15/h5-10H,11H2,1-4H3. The number of Topliss-reactive ketones (excluding diaryl/α,β-unsaturated/α-hetero) is 1. The highest BCUT2D eigenvalue weighted by Gasteiger charge is 2.20. The number of thioether (sulfide) groups is 1. The van der Waals surface area contributed by atoms with Gasteiger partial charge in [-0.1, -0.05) is 16.9 Å². The number of nitrogens with zero attached hydrogens (tertiary/aromatic N) is 6. The minimum Gasteiger partial charge on any atom is -0.360 e. The van der Waals surface area contributed by atoms with E-state index in [1.165, 1.54) is 11.8 Å². The third-order valence-electron chi connectivity index (χ3n) is 4.66. The average molecular weight is 408 g/mol. The molecule has 9 heteroatoms. The van der Waals surface area contributed by atoms with Crippen molar-refractivity contribution in [1.29, 1.82) is 0 Å². The Morgan fingerprint density at radius 3 is 2.72 bits per heavy atom. The van der Waals surface area contributed by atoms with Crippen molar-refractivity contribution in [2.24, 2.45) is 7.05 Å². The molecule has 0 amide bonds. The molecule has 0 saturated carbocycles. The molecule has 0 aliphatic carbocycles. The number of pyridine rings is 1. The molecule has 148 valence electrons. The number of hydrogen-bond acceptors (Lipinski definition) is 7. The predicted molar refractivity (Wildman–Crippen MR) is 109 cm³/mol. The molecular formula is C20H20N6O2S. The number of aryl methyl sites for hydroxylation is 2. The van der Waals surface area contributed by atoms with Crippen LogP contribution in [0.4, 0.5) is 0 Å². The fraction of sp³-hybridized carbons (Fsp3) is 0.250. The van der Waals surface area contributed by atoms with Crippen molar-refractivity contribution in [3.8, 4) is 17.2 Å². The normalized spacial score (nSPS) is 11.2. The zero-order valence-corrected chi connectivity index (χ0v) is 17.4. The van der Waals surface area contributed by atoms with Gasteiger partial charge in [-0.15, -0.1) is 10.2 Å². The minimum atomic E-state index is 0.0282. The van der Waals surface area contributed by atoms with E-state index in [-0.39, 0.29) is 11.5 Å². The third-order valence-corrected chi connectivity index (χ3v) is 5.68. The summed E-state index contributed by atoms with van der Waals surface area (Å²) in [5, 5.41) is 13.2. The lowest BCUT2D eigenvalue weighted by atomic mass is 10.2. The van der Waals surface area contributed by atoms with E-state index in [1.807, 2.05) is 61.2 Å². The quantitative estimate of drug-likeness (QED) is 0.356. The van der Waals surface area contributed by atoms with E-state index >= 15 is 0 Å². The van der Waals surface area contributed by atoms with Crippen molar-refractivity contribution in [2.75, 3.05) is 5.75 Å². The van der Waals surface area contributed by atoms with Gasteiger partial charge in [-0.3, -0.25) is 14.3 Å². The van der Waals surface area contributed by atoms with Crippen LogP contribution in [0, 0.1) is 20.8 Å². The molecule has 0 fully saturated rings. The van der Waals surface area contributed by atoms with Crippen molar-refractivity contribution in [3.63, 3.8) is 0 Å². The summed E-state index contributed by atoms with van der Waals surface area (Å²) in [5.74, 6) is 2.41. The molecule has 8 nitrogen and oxygen atoms in total. The van der Waals surface area contributed by atoms with E-state index in [1.54, 1.807) is 12.4 Å². The van der Waals surface area contributed by atoms with Gasteiger partial charge < -0.3 is 9.09 Å². The number of rotatable bonds is 6. The molecule has 0 spiro atoms. The molecule has 0 atom stereocenters. The second-order valence-corrected chi connectivity index (χ2v) is 7.68. The van der Waals surface area contributed by atoms with Crippen molar-refractivity contribution in [1.82, 2.24) is 29.5 Å². The number of ketones is 1. The molecule has 4 aromatic rings. The molecule has 0 radical (unpaired) electrons. The summed E-state index contributed by atoms with van der Waals surface area (Å²) < 4.78 is 8.97. The Labute approximate surface area is 172 Å². The van der Waals surface area contributed by atoms with Crippen LogP contribution in [-0.2, 0) is 7.05 Å². The van der Waals surface area contributed by atoms with Crippen molar-refractivity contribution in [2.45, 2.75) is 25.9 Å². The number of aromatic nitrogens is 6. The number of carbonyl (C=O) groups excluding carboxylic acids is 1. The van der Waals surface area contributed by atoms with Crippen LogP contribution in [0.1, 0.15) is 27.5 Å². The average Bonchev–Trinajstić information content (AvgIpc) is 3.38. The maximum atomic E-state index is 12.9. The Bertz CT molecular complexity index is 1180. The van der Waals surface area contributed by atoms with Gasteiger partial charge >= 0.3 is 0 Å². The van der Waals surface area contributed by atoms with Crippen LogP contribution < -0.4 is 0 Å². The molecule has 0 N–H and O–H groups in total. The molecule has 0 bridgehead atoms. The first-order valence-corrected chi connectivity index (χ1v) is 10.0. The van der Waals surface area contributed by atoms with Gasteiger partial charge in [-0.05, 0) is 39.0 Å². The van der Waals surface area contributed by atoms with Gasteiger partial charge in [0.05, 0.1) is 5.75 Å². The van der Waals surface area contributed by atoms with Crippen LogP contribution in [0.15, 0.2) is 46.3 Å². The summed E-state index contributed by atoms with van der Waals surface area (Å²) in [6, 6.07) is 7.52. The van der Waals surface area contributed by atoms with E-state index in [2.05, 4.69) is 20.3 Å². The molecule has 29 heavy (non-hydrogen) atoms. The van der Waals surface area contributed by atoms with E-state index < -0.39 is 0 Å². The van der Waals surface area contributed by atoms with Gasteiger partial charge in [0.25, 0.3) is 0 Å². The van der Waals surface area contributed by atoms with Crippen molar-refractivity contribution >= 4 is 17.5 Å². The van der Waals surface area contributed by atoms with Crippen molar-refractivity contribution < 1.29 is 9.32 Å². The fourth-order valence-electron chi connectivity index (χ4n) is 3.25. The zero-order valence-electron chi connectivity index (χ0n) is 16.6. The van der Waals surface area contributed by atoms with Crippen LogP contribution in [0.3, 0.4) is 0 Å². The van der Waals surface area contributed by atoms with Gasteiger partial charge in [-0.25, -0.2) is 0 Å². The molecule has 4 heterocycles. The molecule has 0 aliphatic rings. The van der Waals surface area contributed by atoms with Crippen molar-refractivity contribution in [3.05, 3.63) is 59.4 Å². The summed E-state index contributed by atoms with van der Waals surface area (Å²) in [7, 11) is 1.88. The van der Waals surface area contributed by atoms with Crippen LogP contribution in [0.2, 0.25) is 0 Å². The van der Waals surface area contributed by atoms with E-state index in [4.69, 9.17) is 4.52 Å². The van der Waals surface area contributed by atoms with E-state index in [9.17, 15) is 4.79 Å². The van der Waals surface area contributed by atoms with E-state index in [0.29, 0.717) is 22.4 Å². The first-order chi connectivity index (χ1) is 14.0. The highest BCUT2D eigenvalue weighted by Crippen LogP contribution is 2.25. The zero-order chi connectivity index (χ0) is 20.5. The summed E-state index contributed by atoms with van der Waals surface area (Å²) in [6.45, 7) is 5.70. The Morgan fingerprint density at radius 2 is 2.03 bits per heavy atom. The topological polar surface area (TPSA) is 91.6 Å². The second kappa shape index (κ2) is 7.67. The summed E-state index contributed by atoms with van der Waals surface area (Å²) in [5.41, 5.74) is 3.33. The summed E-state index contributed by atoms with van der Waals surface area (Å²) in [4.78, 5) is 17.0. The van der Waals surface area contributed by atoms with E-state index in [0.717, 1.165) is 22.7 Å². The largest absolute Gasteiger partial charge is 0.360 e. The Hall–Kier alpha value is -3.20. The lowest BCUT2D eigenvalue weighted by molar-refractivity contribution is 0.102. The molecular weight excluding hydrogens is 388 g/mol. The molecule has 0 aliphatic heterocycles. The molecule has 0 saturated heterocycles. The third kappa shape index (κ3) is 3.61. The second-order valence-electron chi connectivity index (χ2n) is 6.73. The van der Waals surface area contributed by atoms with Gasteiger partial charge in [0.15, 0.2) is 22.6 Å². The molecule has 4 aromatic heterocycles. The maximum absolute atomic E-state index is 12.9. The van der Waals surface area contributed by atoms with Gasteiger partial charge in [-0.2, -0.15) is 0 Å². The molecule has 0 unspecified atom stereocenters. The highest BCUT2D eigenvalue weighted by molar-refractivity contribution is 7.99. The minimum absolute atomic E-state index is 0.0282. The Morgan fingerprint density at radius 1 is 1.21 bits per heavy atom. The number of hydrogen-bond donors (Lipinski definition) is 0. The summed E-state index contributed by atoms with van der Waals surface area (Å²) >= 11 is 1.37. The van der Waals surface area contributed by atoms with Crippen LogP contribution in [0.25, 0.3) is 17.2 Å². The fourth-order valence-corrected chi connectivity index (χ4v) is 4.05. The first kappa shape index (κ1) is 19.1. The van der Waals surface area contributed by atoms with Crippen LogP contribution in [-0.4, -0.2) is 41.0 Å². The van der Waals surface area contributed by atoms with Gasteiger partial charge in [0, 0.05) is 48.0 Å². The molecule has 4 rings (SSSR count). The van der Waals surface area contributed by atoms with Crippen LogP contribution in [0.5, 0.6) is 0 Å². The lowest BCUT2D eigenvalue weighted by Gasteiger charge is -2.05. The Balaban J connectivity index is 1.52. The maximum Gasteiger partial charge on any atom is 0.191 e. The smallest absolute Gasteiger partial charge is 0.191 e. The van der Waals surface area contributed by atoms with Crippen LogP contribution >= 0.6 is 11.8 Å². The Kier molecular flexibility index (Phi) is 5.06. The van der Waals surface area contributed by atoms with Gasteiger partial charge in [0.1, 0.15) is 5.76 Å². The molecule has 0 aromatic carbocycles.